The monoisotopic (exact) mass is 210 g/mol. The van der Waals surface area contributed by atoms with Gasteiger partial charge in [0.05, 0.1) is 11.4 Å². The molecule has 1 unspecified atom stereocenters. The van der Waals surface area contributed by atoms with Gasteiger partial charge in [-0.05, 0) is 0 Å². The summed E-state index contributed by atoms with van der Waals surface area (Å²) in [5, 5.41) is 9.57. The molecule has 6 heavy (non-hydrogen) atoms. The Morgan fingerprint density at radius 3 is 2.33 bits per heavy atom. The van der Waals surface area contributed by atoms with Crippen LogP contribution in [0.5, 0.6) is 0 Å². The fourth-order valence-electron chi connectivity index (χ4n) is 0.0282. The minimum atomic E-state index is -0.155. The Hall–Kier alpha value is 0.450. The Kier molecular flexibility index (Phi) is 3.91. The maximum atomic E-state index is 7.98. The van der Waals surface area contributed by atoms with E-state index in [9.17, 15) is 0 Å². The van der Waals surface area contributed by atoms with Crippen molar-refractivity contribution in [2.75, 3.05) is 0 Å². The zero-order valence-electron chi connectivity index (χ0n) is 2.86. The minimum absolute atomic E-state index is 0.155. The van der Waals surface area contributed by atoms with Crippen molar-refractivity contribution in [3.05, 3.63) is 5.33 Å². The molecule has 0 heterocycles. The molecular weight excluding hydrogens is 210 g/mol. The molecule has 0 saturated heterocycles. The fraction of sp³-hybridized carbons (Fsp3) is 0.333. The molecule has 0 aromatic rings. The third-order valence-electron chi connectivity index (χ3n) is 0.234. The van der Waals surface area contributed by atoms with Gasteiger partial charge in [0.2, 0.25) is 0 Å². The van der Waals surface area contributed by atoms with Gasteiger partial charge in [0.25, 0.3) is 0 Å². The molecular formula is C3H2Br2N. The predicted molar refractivity (Wildman–Crippen MR) is 31.6 cm³/mol. The molecule has 0 aromatic heterocycles. The van der Waals surface area contributed by atoms with Gasteiger partial charge in [0, 0.05) is 0 Å². The molecule has 0 aliphatic carbocycles. The van der Waals surface area contributed by atoms with Crippen molar-refractivity contribution in [1.82, 2.24) is 0 Å². The standard InChI is InChI=1S/C3H2Br2N/c4-1-3(5)2-6/h1,3H. The first-order chi connectivity index (χ1) is 2.81. The van der Waals surface area contributed by atoms with E-state index in [2.05, 4.69) is 31.9 Å². The van der Waals surface area contributed by atoms with Crippen LogP contribution in [0.2, 0.25) is 0 Å². The molecule has 0 saturated carbocycles. The molecule has 1 atom stereocenters. The van der Waals surface area contributed by atoms with Crippen LogP contribution in [0.1, 0.15) is 0 Å². The van der Waals surface area contributed by atoms with E-state index in [0.29, 0.717) is 0 Å². The number of hydrogen-bond donors (Lipinski definition) is 0. The van der Waals surface area contributed by atoms with Crippen molar-refractivity contribution in [2.24, 2.45) is 0 Å². The van der Waals surface area contributed by atoms with Gasteiger partial charge < -0.3 is 0 Å². The molecule has 0 bridgehead atoms. The summed E-state index contributed by atoms with van der Waals surface area (Å²) < 4.78 is 0. The quantitative estimate of drug-likeness (QED) is 0.608. The number of rotatable bonds is 1. The van der Waals surface area contributed by atoms with Gasteiger partial charge in [-0.3, -0.25) is 0 Å². The Morgan fingerprint density at radius 1 is 1.83 bits per heavy atom. The third kappa shape index (κ3) is 2.67. The van der Waals surface area contributed by atoms with Gasteiger partial charge >= 0.3 is 0 Å². The van der Waals surface area contributed by atoms with Gasteiger partial charge in [-0.15, -0.1) is 0 Å². The zero-order valence-corrected chi connectivity index (χ0v) is 6.03. The van der Waals surface area contributed by atoms with Crippen LogP contribution in [0, 0.1) is 16.7 Å². The first-order valence-corrected chi connectivity index (χ1v) is 3.11. The summed E-state index contributed by atoms with van der Waals surface area (Å²) in [5.41, 5.74) is 0. The average Bonchev–Trinajstić information content (AvgIpc) is 1.65. The lowest BCUT2D eigenvalue weighted by molar-refractivity contribution is 1.38. The number of nitriles is 1. The van der Waals surface area contributed by atoms with Crippen LogP contribution in [0.15, 0.2) is 0 Å². The summed E-state index contributed by atoms with van der Waals surface area (Å²) in [6, 6.07) is 1.93. The highest BCUT2D eigenvalue weighted by atomic mass is 79.9. The maximum Gasteiger partial charge on any atom is 0.115 e. The maximum absolute atomic E-state index is 7.98. The first-order valence-electron chi connectivity index (χ1n) is 1.28. The highest BCUT2D eigenvalue weighted by molar-refractivity contribution is 9.13. The van der Waals surface area contributed by atoms with Crippen LogP contribution < -0.4 is 0 Å². The largest absolute Gasteiger partial charge is 0.197 e. The van der Waals surface area contributed by atoms with Crippen LogP contribution >= 0.6 is 31.9 Å². The molecule has 0 N–H and O–H groups in total. The van der Waals surface area contributed by atoms with Crippen molar-refractivity contribution >= 4 is 31.9 Å². The highest BCUT2D eigenvalue weighted by Gasteiger charge is 1.93. The Morgan fingerprint density at radius 2 is 2.33 bits per heavy atom. The second-order valence-corrected chi connectivity index (χ2v) is 2.17. The van der Waals surface area contributed by atoms with Crippen molar-refractivity contribution in [1.29, 1.82) is 5.26 Å². The number of alkyl halides is 1. The van der Waals surface area contributed by atoms with Gasteiger partial charge in [0.1, 0.15) is 4.83 Å². The third-order valence-corrected chi connectivity index (χ3v) is 1.94. The highest BCUT2D eigenvalue weighted by Crippen LogP contribution is 2.05. The number of halogens is 2. The molecule has 0 aliphatic rings. The molecule has 0 rings (SSSR count). The van der Waals surface area contributed by atoms with E-state index < -0.39 is 0 Å². The molecule has 0 amide bonds. The summed E-state index contributed by atoms with van der Waals surface area (Å²) in [5.74, 6) is 0. The van der Waals surface area contributed by atoms with Crippen LogP contribution in [-0.4, -0.2) is 4.83 Å². The molecule has 3 heteroatoms. The van der Waals surface area contributed by atoms with Crippen LogP contribution in [0.4, 0.5) is 0 Å². The number of nitrogens with zero attached hydrogens (tertiary/aromatic N) is 1. The lowest BCUT2D eigenvalue weighted by Gasteiger charge is -1.82. The SMILES string of the molecule is N#CC(Br)[CH]Br. The second kappa shape index (κ2) is 3.63. The first kappa shape index (κ1) is 6.45. The van der Waals surface area contributed by atoms with E-state index in [-0.39, 0.29) is 4.83 Å². The second-order valence-electron chi connectivity index (χ2n) is 0.657. The average molecular weight is 212 g/mol. The zero-order chi connectivity index (χ0) is 4.99. The van der Waals surface area contributed by atoms with Crippen molar-refractivity contribution in [2.45, 2.75) is 4.83 Å². The fourth-order valence-corrected chi connectivity index (χ4v) is 0.146. The van der Waals surface area contributed by atoms with Gasteiger partial charge in [0.15, 0.2) is 0 Å². The molecule has 0 aliphatic heterocycles. The smallest absolute Gasteiger partial charge is 0.115 e. The van der Waals surface area contributed by atoms with Crippen molar-refractivity contribution < 1.29 is 0 Å². The van der Waals surface area contributed by atoms with E-state index >= 15 is 0 Å². The lowest BCUT2D eigenvalue weighted by Crippen LogP contribution is -1.83. The van der Waals surface area contributed by atoms with E-state index in [1.165, 1.54) is 0 Å². The number of hydrogen-bond acceptors (Lipinski definition) is 1. The summed E-state index contributed by atoms with van der Waals surface area (Å²) in [6.07, 6.45) is 0. The van der Waals surface area contributed by atoms with E-state index in [1.807, 2.05) is 6.07 Å². The summed E-state index contributed by atoms with van der Waals surface area (Å²) in [7, 11) is 0. The Labute approximate surface area is 53.6 Å². The predicted octanol–water partition coefficient (Wildman–Crippen LogP) is 1.83. The Bertz CT molecular complexity index is 65.7. The van der Waals surface area contributed by atoms with Gasteiger partial charge in [-0.1, -0.05) is 31.9 Å². The summed E-state index contributed by atoms with van der Waals surface area (Å²) in [6.45, 7) is 0. The molecule has 1 radical (unpaired) electrons. The summed E-state index contributed by atoms with van der Waals surface area (Å²) in [4.78, 5) is -0.155. The topological polar surface area (TPSA) is 23.8 Å². The Balaban J connectivity index is 3.04. The minimum Gasteiger partial charge on any atom is -0.197 e. The van der Waals surface area contributed by atoms with E-state index in [1.54, 1.807) is 5.33 Å². The molecule has 0 spiro atoms. The van der Waals surface area contributed by atoms with Gasteiger partial charge in [-0.2, -0.15) is 5.26 Å². The summed E-state index contributed by atoms with van der Waals surface area (Å²) >= 11 is 5.99. The van der Waals surface area contributed by atoms with E-state index in [4.69, 9.17) is 5.26 Å². The molecule has 1 nitrogen and oxygen atoms in total. The van der Waals surface area contributed by atoms with Crippen LogP contribution in [0.25, 0.3) is 0 Å². The normalized spacial score (nSPS) is 12.8. The lowest BCUT2D eigenvalue weighted by atomic mass is 10.6. The molecule has 0 aromatic carbocycles. The van der Waals surface area contributed by atoms with Crippen LogP contribution in [-0.2, 0) is 0 Å². The van der Waals surface area contributed by atoms with Crippen molar-refractivity contribution in [3.8, 4) is 6.07 Å². The van der Waals surface area contributed by atoms with Crippen molar-refractivity contribution in [3.63, 3.8) is 0 Å². The molecule has 33 valence electrons. The van der Waals surface area contributed by atoms with Crippen LogP contribution in [0.3, 0.4) is 0 Å². The van der Waals surface area contributed by atoms with E-state index in [0.717, 1.165) is 0 Å². The van der Waals surface area contributed by atoms with Gasteiger partial charge in [-0.25, -0.2) is 0 Å². The molecule has 0 fully saturated rings.